The monoisotopic (exact) mass is 555 g/mol. The van der Waals surface area contributed by atoms with Gasteiger partial charge in [0.1, 0.15) is 26.7 Å². The molecule has 0 aliphatic carbocycles. The van der Waals surface area contributed by atoms with Crippen molar-refractivity contribution in [3.63, 3.8) is 0 Å². The summed E-state index contributed by atoms with van der Waals surface area (Å²) in [4.78, 5) is 46.5. The lowest BCUT2D eigenvalue weighted by Crippen LogP contribution is -2.69. The van der Waals surface area contributed by atoms with Crippen LogP contribution in [0.2, 0.25) is 0 Å². The summed E-state index contributed by atoms with van der Waals surface area (Å²) in [6, 6.07) is 17.7. The molecule has 11 heteroatoms. The van der Waals surface area contributed by atoms with Crippen molar-refractivity contribution in [1.82, 2.24) is 15.6 Å². The number of ketones is 1. The van der Waals surface area contributed by atoms with Gasteiger partial charge in [-0.1, -0.05) is 24.8 Å². The predicted octanol–water partition coefficient (Wildman–Crippen LogP) is 4.35. The Bertz CT molecular complexity index is 1640. The molecule has 0 radical (unpaired) electrons. The highest BCUT2D eigenvalue weighted by molar-refractivity contribution is 7.21. The average Bonchev–Trinajstić information content (AvgIpc) is 3.34. The van der Waals surface area contributed by atoms with Gasteiger partial charge in [0.15, 0.2) is 5.78 Å². The Labute approximate surface area is 233 Å². The Balaban J connectivity index is 1.34. The SMILES string of the molecule is C=CC(=O)[C@@]1(NC(=O)c2sc3nccc4c3c2NC(=O)N4c2ccc(Oc3ccccc3)cc2)CNCC[C@H]1O. The van der Waals surface area contributed by atoms with Crippen LogP contribution in [0, 0.1) is 0 Å². The van der Waals surface area contributed by atoms with Crippen molar-refractivity contribution in [3.8, 4) is 11.5 Å². The number of urea groups is 1. The van der Waals surface area contributed by atoms with Crippen molar-refractivity contribution >= 4 is 56.3 Å². The number of aliphatic hydroxyl groups excluding tert-OH is 1. The summed E-state index contributed by atoms with van der Waals surface area (Å²) in [6.07, 6.45) is 1.86. The topological polar surface area (TPSA) is 133 Å². The van der Waals surface area contributed by atoms with E-state index in [9.17, 15) is 19.5 Å². The first kappa shape index (κ1) is 25.7. The molecule has 0 spiro atoms. The van der Waals surface area contributed by atoms with Gasteiger partial charge in [0.05, 0.1) is 28.6 Å². The average molecular weight is 556 g/mol. The van der Waals surface area contributed by atoms with Crippen molar-refractivity contribution in [3.05, 3.63) is 84.4 Å². The second-order valence-corrected chi connectivity index (χ2v) is 10.5. The fourth-order valence-electron chi connectivity index (χ4n) is 5.06. The van der Waals surface area contributed by atoms with Crippen molar-refractivity contribution in [2.75, 3.05) is 23.3 Å². The van der Waals surface area contributed by atoms with E-state index in [1.165, 1.54) is 4.90 Å². The van der Waals surface area contributed by atoms with Gasteiger partial charge in [0.2, 0.25) is 0 Å². The van der Waals surface area contributed by atoms with E-state index in [4.69, 9.17) is 4.74 Å². The summed E-state index contributed by atoms with van der Waals surface area (Å²) >= 11 is 1.10. The van der Waals surface area contributed by atoms with Gasteiger partial charge in [0, 0.05) is 12.7 Å². The van der Waals surface area contributed by atoms with Gasteiger partial charge in [-0.25, -0.2) is 9.78 Å². The van der Waals surface area contributed by atoms with Gasteiger partial charge in [-0.05, 0) is 61.5 Å². The molecule has 2 aliphatic rings. The van der Waals surface area contributed by atoms with Crippen LogP contribution in [0.3, 0.4) is 0 Å². The second kappa shape index (κ2) is 10.2. The van der Waals surface area contributed by atoms with Gasteiger partial charge >= 0.3 is 6.03 Å². The number of amides is 3. The number of nitrogens with one attached hydrogen (secondary N) is 3. The highest BCUT2D eigenvalue weighted by Gasteiger charge is 2.47. The minimum atomic E-state index is -1.56. The van der Waals surface area contributed by atoms with E-state index < -0.39 is 29.4 Å². The van der Waals surface area contributed by atoms with Gasteiger partial charge in [0.25, 0.3) is 5.91 Å². The fourth-order valence-corrected chi connectivity index (χ4v) is 6.07. The summed E-state index contributed by atoms with van der Waals surface area (Å²) in [5.41, 5.74) is -0.0950. The highest BCUT2D eigenvalue weighted by Crippen LogP contribution is 2.46. The molecule has 0 saturated carbocycles. The van der Waals surface area contributed by atoms with Crippen LogP contribution in [0.1, 0.15) is 16.1 Å². The molecule has 10 nitrogen and oxygen atoms in total. The van der Waals surface area contributed by atoms with Crippen LogP contribution in [0.4, 0.5) is 21.9 Å². The number of hydrogen-bond donors (Lipinski definition) is 4. The maximum Gasteiger partial charge on any atom is 0.331 e. The number of para-hydroxylation sites is 1. The number of carbonyl (C=O) groups excluding carboxylic acids is 3. The van der Waals surface area contributed by atoms with Crippen molar-refractivity contribution in [2.24, 2.45) is 0 Å². The molecule has 40 heavy (non-hydrogen) atoms. The van der Waals surface area contributed by atoms with E-state index >= 15 is 0 Å². The largest absolute Gasteiger partial charge is 0.457 e. The number of nitrogens with zero attached hydrogens (tertiary/aromatic N) is 2. The Morgan fingerprint density at radius 3 is 2.62 bits per heavy atom. The normalized spacial score (nSPS) is 20.1. The third-order valence-corrected chi connectivity index (χ3v) is 8.15. The molecule has 1 saturated heterocycles. The first-order valence-corrected chi connectivity index (χ1v) is 13.5. The quantitative estimate of drug-likeness (QED) is 0.249. The van der Waals surface area contributed by atoms with Crippen LogP contribution >= 0.6 is 11.3 Å². The number of pyridine rings is 1. The molecule has 202 valence electrons. The van der Waals surface area contributed by atoms with Crippen molar-refractivity contribution < 1.29 is 24.2 Å². The molecule has 2 atom stereocenters. The van der Waals surface area contributed by atoms with E-state index in [2.05, 4.69) is 27.5 Å². The Morgan fingerprint density at radius 2 is 1.90 bits per heavy atom. The summed E-state index contributed by atoms with van der Waals surface area (Å²) in [6.45, 7) is 4.10. The van der Waals surface area contributed by atoms with E-state index in [0.29, 0.717) is 45.3 Å². The molecule has 6 rings (SSSR count). The zero-order valence-electron chi connectivity index (χ0n) is 21.2. The van der Waals surface area contributed by atoms with Gasteiger partial charge < -0.3 is 25.8 Å². The highest BCUT2D eigenvalue weighted by atomic mass is 32.1. The van der Waals surface area contributed by atoms with E-state index in [-0.39, 0.29) is 17.8 Å². The van der Waals surface area contributed by atoms with Gasteiger partial charge in [-0.15, -0.1) is 11.3 Å². The first-order valence-electron chi connectivity index (χ1n) is 12.6. The molecule has 2 aliphatic heterocycles. The number of ether oxygens (including phenoxy) is 1. The summed E-state index contributed by atoms with van der Waals surface area (Å²) < 4.78 is 5.87. The van der Waals surface area contributed by atoms with Gasteiger partial charge in [-0.3, -0.25) is 14.5 Å². The van der Waals surface area contributed by atoms with Crippen LogP contribution in [-0.4, -0.2) is 52.5 Å². The Kier molecular flexibility index (Phi) is 6.54. The summed E-state index contributed by atoms with van der Waals surface area (Å²) in [5, 5.41) is 20.0. The smallest absolute Gasteiger partial charge is 0.331 e. The van der Waals surface area contributed by atoms with Crippen molar-refractivity contribution in [1.29, 1.82) is 0 Å². The third kappa shape index (κ3) is 4.30. The summed E-state index contributed by atoms with van der Waals surface area (Å²) in [7, 11) is 0. The number of carbonyl (C=O) groups is 3. The molecule has 4 aromatic rings. The molecule has 0 unspecified atom stereocenters. The molecule has 1 fully saturated rings. The molecule has 0 bridgehead atoms. The molecule has 4 N–H and O–H groups in total. The molecule has 2 aromatic carbocycles. The van der Waals surface area contributed by atoms with E-state index in [0.717, 1.165) is 17.4 Å². The maximum atomic E-state index is 13.6. The lowest BCUT2D eigenvalue weighted by Gasteiger charge is -2.40. The zero-order valence-corrected chi connectivity index (χ0v) is 22.0. The minimum absolute atomic E-state index is 0.0542. The maximum absolute atomic E-state index is 13.6. The molecule has 3 amide bonds. The molecular weight excluding hydrogens is 530 g/mol. The van der Waals surface area contributed by atoms with Crippen LogP contribution in [0.25, 0.3) is 10.2 Å². The van der Waals surface area contributed by atoms with Crippen LogP contribution in [0.5, 0.6) is 11.5 Å². The minimum Gasteiger partial charge on any atom is -0.457 e. The molecule has 4 heterocycles. The second-order valence-electron chi connectivity index (χ2n) is 9.47. The van der Waals surface area contributed by atoms with Crippen LogP contribution in [-0.2, 0) is 4.79 Å². The number of aromatic nitrogens is 1. The number of thiophene rings is 1. The zero-order chi connectivity index (χ0) is 27.9. The number of piperidine rings is 1. The Morgan fingerprint density at radius 1 is 1.15 bits per heavy atom. The van der Waals surface area contributed by atoms with Crippen molar-refractivity contribution in [2.45, 2.75) is 18.1 Å². The van der Waals surface area contributed by atoms with Gasteiger partial charge in [-0.2, -0.15) is 0 Å². The van der Waals surface area contributed by atoms with Crippen LogP contribution in [0.15, 0.2) is 79.5 Å². The fraction of sp³-hybridized carbons (Fsp3) is 0.172. The first-order chi connectivity index (χ1) is 19.4. The van der Waals surface area contributed by atoms with E-state index in [1.807, 2.05) is 30.3 Å². The number of rotatable bonds is 7. The number of benzene rings is 2. The van der Waals surface area contributed by atoms with E-state index in [1.54, 1.807) is 36.5 Å². The molecule has 2 aromatic heterocycles. The number of anilines is 3. The third-order valence-electron chi connectivity index (χ3n) is 7.05. The number of hydrogen-bond acceptors (Lipinski definition) is 8. The lowest BCUT2D eigenvalue weighted by atomic mass is 9.82. The van der Waals surface area contributed by atoms with Crippen LogP contribution < -0.4 is 25.6 Å². The standard InChI is InChI=1S/C29H25N5O5S/c1-2-21(35)29(16-30-14-13-22(29)36)33-26(37)25-24-23-20(12-15-31-27(23)40-25)34(28(38)32-24)17-8-10-19(11-9-17)39-18-6-4-3-5-7-18/h2-12,15,22,30,36H,1,13-14,16H2,(H,32,38)(H,33,37)/t22-,29+/m1/s1. The lowest BCUT2D eigenvalue weighted by molar-refractivity contribution is -0.126. The number of aliphatic hydroxyl groups is 1. The Hall–Kier alpha value is -4.58. The predicted molar refractivity (Wildman–Crippen MR) is 153 cm³/mol. The molecular formula is C29H25N5O5S. The summed E-state index contributed by atoms with van der Waals surface area (Å²) in [5.74, 6) is 0.218.